The van der Waals surface area contributed by atoms with Crippen molar-refractivity contribution in [2.75, 3.05) is 23.1 Å². The summed E-state index contributed by atoms with van der Waals surface area (Å²) in [5.41, 5.74) is 0.626. The summed E-state index contributed by atoms with van der Waals surface area (Å²) in [7, 11) is -11.0. The number of amides is 1. The van der Waals surface area contributed by atoms with Gasteiger partial charge in [-0.15, -0.1) is 0 Å². The predicted molar refractivity (Wildman–Crippen MR) is 120 cm³/mol. The SMILES string of the molecule is CC(C)S(=O)(=O)O.CCCCS(=O)(=O)NCCc1ccc(N2CC(=O)NS2(=O)=O)c(O)c1. The summed E-state index contributed by atoms with van der Waals surface area (Å²) in [5, 5.41) is 9.39. The van der Waals surface area contributed by atoms with Crippen molar-refractivity contribution in [2.45, 2.75) is 45.3 Å². The van der Waals surface area contributed by atoms with Gasteiger partial charge in [0, 0.05) is 6.54 Å². The first-order valence-electron chi connectivity index (χ1n) is 9.68. The van der Waals surface area contributed by atoms with Crippen LogP contribution in [-0.2, 0) is 41.6 Å². The number of hydrogen-bond acceptors (Lipinski definition) is 8. The van der Waals surface area contributed by atoms with Gasteiger partial charge in [-0.05, 0) is 44.4 Å². The number of unbranched alkanes of at least 4 members (excludes halogenated alkanes) is 1. The van der Waals surface area contributed by atoms with Gasteiger partial charge in [-0.1, -0.05) is 19.4 Å². The van der Waals surface area contributed by atoms with Gasteiger partial charge in [0.15, 0.2) is 0 Å². The number of rotatable bonds is 9. The smallest absolute Gasteiger partial charge is 0.326 e. The Labute approximate surface area is 189 Å². The molecule has 1 aromatic carbocycles. The van der Waals surface area contributed by atoms with Crippen LogP contribution in [0, 0.1) is 0 Å². The van der Waals surface area contributed by atoms with Crippen LogP contribution in [0.1, 0.15) is 39.2 Å². The molecule has 2 rings (SSSR count). The van der Waals surface area contributed by atoms with E-state index in [1.54, 1.807) is 6.07 Å². The van der Waals surface area contributed by atoms with Crippen molar-refractivity contribution in [2.24, 2.45) is 0 Å². The minimum Gasteiger partial charge on any atom is -0.506 e. The third-order valence-electron chi connectivity index (χ3n) is 4.23. The Kier molecular flexibility index (Phi) is 9.89. The van der Waals surface area contributed by atoms with Crippen molar-refractivity contribution in [3.05, 3.63) is 23.8 Å². The molecule has 0 aliphatic carbocycles. The molecule has 1 aromatic rings. The molecule has 0 aromatic heterocycles. The average molecular weight is 516 g/mol. The standard InChI is InChI=1S/C14H21N3O6S2.C3H8O3S/c1-2-3-8-24(20,21)15-7-6-11-4-5-12(13(18)9-11)17-10-14(19)16-25(17,22)23;1-3(2)7(4,5)6/h4-5,9,15,18H,2-3,6-8,10H2,1H3,(H,16,19);3H,1-2H3,(H,4,5,6). The van der Waals surface area contributed by atoms with E-state index < -0.39 is 48.1 Å². The molecule has 15 heteroatoms. The molecule has 0 saturated carbocycles. The van der Waals surface area contributed by atoms with E-state index in [1.165, 1.54) is 26.0 Å². The number of phenols is 1. The monoisotopic (exact) mass is 515 g/mol. The van der Waals surface area contributed by atoms with Crippen molar-refractivity contribution >= 4 is 41.9 Å². The number of aromatic hydroxyl groups is 1. The van der Waals surface area contributed by atoms with Gasteiger partial charge >= 0.3 is 10.2 Å². The normalized spacial score (nSPS) is 15.9. The highest BCUT2D eigenvalue weighted by atomic mass is 32.2. The Morgan fingerprint density at radius 2 is 1.81 bits per heavy atom. The van der Waals surface area contributed by atoms with E-state index in [4.69, 9.17) is 4.55 Å². The lowest BCUT2D eigenvalue weighted by Gasteiger charge is -2.16. The Balaban J connectivity index is 0.000000633. The van der Waals surface area contributed by atoms with E-state index in [0.717, 1.165) is 10.7 Å². The zero-order chi connectivity index (χ0) is 24.7. The quantitative estimate of drug-likeness (QED) is 0.331. The van der Waals surface area contributed by atoms with Gasteiger partial charge in [0.1, 0.15) is 12.3 Å². The van der Waals surface area contributed by atoms with Crippen LogP contribution < -0.4 is 13.7 Å². The van der Waals surface area contributed by atoms with Gasteiger partial charge in [0.25, 0.3) is 16.0 Å². The van der Waals surface area contributed by atoms with Gasteiger partial charge < -0.3 is 5.11 Å². The number of nitrogens with zero attached hydrogens (tertiary/aromatic N) is 1. The number of carbonyl (C=O) groups is 1. The van der Waals surface area contributed by atoms with E-state index in [2.05, 4.69) is 4.72 Å². The Morgan fingerprint density at radius 3 is 2.25 bits per heavy atom. The third kappa shape index (κ3) is 8.90. The maximum Gasteiger partial charge on any atom is 0.326 e. The molecular formula is C17H29N3O9S3. The van der Waals surface area contributed by atoms with Crippen LogP contribution in [0.25, 0.3) is 0 Å². The molecule has 1 aliphatic heterocycles. The molecule has 0 spiro atoms. The summed E-state index contributed by atoms with van der Waals surface area (Å²) in [6.45, 7) is 4.51. The summed E-state index contributed by atoms with van der Waals surface area (Å²) in [6.07, 6.45) is 1.71. The highest BCUT2D eigenvalue weighted by Crippen LogP contribution is 2.31. The minimum absolute atomic E-state index is 0.00868. The molecule has 1 amide bonds. The maximum absolute atomic E-state index is 11.8. The molecule has 0 bridgehead atoms. The number of hydrogen-bond donors (Lipinski definition) is 4. The fraction of sp³-hybridized carbons (Fsp3) is 0.588. The van der Waals surface area contributed by atoms with Crippen LogP contribution >= 0.6 is 0 Å². The lowest BCUT2D eigenvalue weighted by atomic mass is 10.1. The lowest BCUT2D eigenvalue weighted by molar-refractivity contribution is -0.117. The third-order valence-corrected chi connectivity index (χ3v) is 8.28. The summed E-state index contributed by atoms with van der Waals surface area (Å²) in [5.74, 6) is -0.905. The van der Waals surface area contributed by atoms with E-state index in [1.807, 2.05) is 11.6 Å². The minimum atomic E-state index is -3.99. The molecule has 1 saturated heterocycles. The molecule has 0 atom stereocenters. The molecule has 1 heterocycles. The Bertz CT molecular complexity index is 1120. The average Bonchev–Trinajstić information content (AvgIpc) is 2.92. The van der Waals surface area contributed by atoms with Crippen molar-refractivity contribution in [1.29, 1.82) is 0 Å². The summed E-state index contributed by atoms with van der Waals surface area (Å²) < 4.78 is 79.9. The number of benzene rings is 1. The zero-order valence-electron chi connectivity index (χ0n) is 18.0. The lowest BCUT2D eigenvalue weighted by Crippen LogP contribution is -2.29. The molecule has 0 radical (unpaired) electrons. The second-order valence-corrected chi connectivity index (χ2v) is 12.7. The number of sulfonamides is 1. The number of phenolic OH excluding ortho intramolecular Hbond substituents is 1. The van der Waals surface area contributed by atoms with Gasteiger partial charge in [-0.3, -0.25) is 9.35 Å². The molecule has 32 heavy (non-hydrogen) atoms. The second kappa shape index (κ2) is 11.3. The highest BCUT2D eigenvalue weighted by Gasteiger charge is 2.35. The first-order valence-corrected chi connectivity index (χ1v) is 14.3. The van der Waals surface area contributed by atoms with Gasteiger partial charge in [-0.2, -0.15) is 16.8 Å². The van der Waals surface area contributed by atoms with Crippen molar-refractivity contribution in [1.82, 2.24) is 9.44 Å². The van der Waals surface area contributed by atoms with Crippen molar-refractivity contribution < 1.29 is 39.7 Å². The van der Waals surface area contributed by atoms with E-state index >= 15 is 0 Å². The van der Waals surface area contributed by atoms with Gasteiger partial charge in [-0.25, -0.2) is 22.2 Å². The molecule has 184 valence electrons. The van der Waals surface area contributed by atoms with E-state index in [0.29, 0.717) is 18.4 Å². The predicted octanol–water partition coefficient (Wildman–Crippen LogP) is 0.118. The van der Waals surface area contributed by atoms with Crippen LogP contribution in [0.5, 0.6) is 5.75 Å². The summed E-state index contributed by atoms with van der Waals surface area (Å²) in [4.78, 5) is 11.3. The second-order valence-electron chi connectivity index (χ2n) is 7.24. The van der Waals surface area contributed by atoms with Crippen molar-refractivity contribution in [3.63, 3.8) is 0 Å². The number of anilines is 1. The fourth-order valence-electron chi connectivity index (χ4n) is 2.35. The number of nitrogens with one attached hydrogen (secondary N) is 2. The first-order chi connectivity index (χ1) is 14.6. The van der Waals surface area contributed by atoms with Gasteiger partial charge in [0.05, 0.1) is 16.7 Å². The van der Waals surface area contributed by atoms with Crippen LogP contribution in [0.15, 0.2) is 18.2 Å². The molecular weight excluding hydrogens is 486 g/mol. The fourth-order valence-corrected chi connectivity index (χ4v) is 4.74. The van der Waals surface area contributed by atoms with Crippen LogP contribution in [0.2, 0.25) is 0 Å². The van der Waals surface area contributed by atoms with Crippen LogP contribution in [0.3, 0.4) is 0 Å². The Hall–Kier alpha value is -1.94. The summed E-state index contributed by atoms with van der Waals surface area (Å²) in [6, 6.07) is 4.32. The first kappa shape index (κ1) is 28.1. The maximum atomic E-state index is 11.8. The van der Waals surface area contributed by atoms with E-state index in [-0.39, 0.29) is 23.7 Å². The van der Waals surface area contributed by atoms with Crippen LogP contribution in [-0.4, -0.2) is 64.9 Å². The topological polar surface area (TPSA) is 187 Å². The molecule has 1 fully saturated rings. The van der Waals surface area contributed by atoms with Crippen LogP contribution in [0.4, 0.5) is 5.69 Å². The van der Waals surface area contributed by atoms with E-state index in [9.17, 15) is 35.2 Å². The molecule has 12 nitrogen and oxygen atoms in total. The molecule has 4 N–H and O–H groups in total. The molecule has 1 aliphatic rings. The molecule has 0 unspecified atom stereocenters. The van der Waals surface area contributed by atoms with Gasteiger partial charge in [0.2, 0.25) is 10.0 Å². The van der Waals surface area contributed by atoms with Crippen molar-refractivity contribution in [3.8, 4) is 5.75 Å². The summed E-state index contributed by atoms with van der Waals surface area (Å²) >= 11 is 0. The zero-order valence-corrected chi connectivity index (χ0v) is 20.4. The Morgan fingerprint density at radius 1 is 1.22 bits per heavy atom. The number of carbonyl (C=O) groups excluding carboxylic acids is 1. The highest BCUT2D eigenvalue weighted by molar-refractivity contribution is 7.92. The largest absolute Gasteiger partial charge is 0.506 e.